The van der Waals surface area contributed by atoms with Gasteiger partial charge in [-0.1, -0.05) is 18.2 Å². The fourth-order valence-electron chi connectivity index (χ4n) is 1.93. The summed E-state index contributed by atoms with van der Waals surface area (Å²) in [6, 6.07) is 1.90. The highest BCUT2D eigenvalue weighted by molar-refractivity contribution is 6.32. The zero-order chi connectivity index (χ0) is 14.2. The number of nitrogens with zero attached hydrogens (tertiary/aromatic N) is 1. The van der Waals surface area contributed by atoms with Crippen LogP contribution in [0.1, 0.15) is 12.5 Å². The van der Waals surface area contributed by atoms with Gasteiger partial charge < -0.3 is 4.90 Å². The average Bonchev–Trinajstić information content (AvgIpc) is 2.38. The normalized spacial score (nSPS) is 15.4. The summed E-state index contributed by atoms with van der Waals surface area (Å²) in [5.74, 6) is -3.92. The third kappa shape index (κ3) is 2.40. The summed E-state index contributed by atoms with van der Waals surface area (Å²) in [6.07, 6.45) is 3.21. The second kappa shape index (κ2) is 5.13. The quantitative estimate of drug-likeness (QED) is 0.727. The molecule has 5 heteroatoms. The predicted molar refractivity (Wildman–Crippen MR) is 69.7 cm³/mol. The van der Waals surface area contributed by atoms with Gasteiger partial charge in [0.2, 0.25) is 0 Å². The molecule has 0 spiro atoms. The third-order valence-electron chi connectivity index (χ3n) is 2.88. The molecule has 0 saturated carbocycles. The molecule has 1 nitrogen and oxygen atoms in total. The minimum atomic E-state index is -1.48. The number of rotatable bonds is 2. The number of halogens is 4. The molecule has 0 unspecified atom stereocenters. The van der Waals surface area contributed by atoms with Crippen LogP contribution in [0.25, 0.3) is 5.70 Å². The molecule has 19 heavy (non-hydrogen) atoms. The zero-order valence-corrected chi connectivity index (χ0v) is 10.9. The van der Waals surface area contributed by atoms with Crippen LogP contribution < -0.4 is 0 Å². The van der Waals surface area contributed by atoms with Crippen molar-refractivity contribution in [1.82, 2.24) is 4.90 Å². The van der Waals surface area contributed by atoms with E-state index in [1.807, 2.05) is 6.92 Å². The lowest BCUT2D eigenvalue weighted by atomic mass is 10.1. The first-order valence-corrected chi connectivity index (χ1v) is 6.02. The highest BCUT2D eigenvalue weighted by Gasteiger charge is 2.21. The SMILES string of the molecule is C=C1C(Cl)=CC=C(c2cc(F)c(F)c(F)c2)N1CC. The minimum absolute atomic E-state index is 0.236. The maximum atomic E-state index is 13.3. The molecule has 2 rings (SSSR count). The number of likely N-dealkylation sites (N-methyl/N-ethyl adjacent to an activating group) is 1. The Kier molecular flexibility index (Phi) is 3.71. The first-order valence-electron chi connectivity index (χ1n) is 5.65. The fourth-order valence-corrected chi connectivity index (χ4v) is 2.09. The third-order valence-corrected chi connectivity index (χ3v) is 3.22. The molecule has 0 bridgehead atoms. The summed E-state index contributed by atoms with van der Waals surface area (Å²) >= 11 is 5.95. The average molecular weight is 286 g/mol. The Bertz CT molecular complexity index is 582. The largest absolute Gasteiger partial charge is 0.341 e. The molecule has 0 aromatic heterocycles. The van der Waals surface area contributed by atoms with E-state index in [-0.39, 0.29) is 5.56 Å². The second-order valence-electron chi connectivity index (χ2n) is 4.01. The van der Waals surface area contributed by atoms with Crippen LogP contribution in [0.3, 0.4) is 0 Å². The maximum Gasteiger partial charge on any atom is 0.194 e. The molecule has 1 aromatic carbocycles. The molecule has 0 radical (unpaired) electrons. The van der Waals surface area contributed by atoms with E-state index in [9.17, 15) is 13.2 Å². The van der Waals surface area contributed by atoms with E-state index in [0.717, 1.165) is 12.1 Å². The van der Waals surface area contributed by atoms with Crippen molar-refractivity contribution < 1.29 is 13.2 Å². The predicted octanol–water partition coefficient (Wildman–Crippen LogP) is 4.42. The van der Waals surface area contributed by atoms with Gasteiger partial charge in [-0.15, -0.1) is 0 Å². The van der Waals surface area contributed by atoms with Gasteiger partial charge in [0, 0.05) is 17.8 Å². The van der Waals surface area contributed by atoms with Crippen molar-refractivity contribution in [2.45, 2.75) is 6.92 Å². The molecule has 0 N–H and O–H groups in total. The first kappa shape index (κ1) is 13.7. The Labute approximate surface area is 114 Å². The molecular weight excluding hydrogens is 275 g/mol. The molecule has 0 fully saturated rings. The van der Waals surface area contributed by atoms with Crippen molar-refractivity contribution in [2.24, 2.45) is 0 Å². The van der Waals surface area contributed by atoms with Crippen LogP contribution in [0.5, 0.6) is 0 Å². The Balaban J connectivity index is 2.54. The molecule has 0 saturated heterocycles. The topological polar surface area (TPSA) is 3.24 Å². The van der Waals surface area contributed by atoms with Crippen molar-refractivity contribution in [1.29, 1.82) is 0 Å². The lowest BCUT2D eigenvalue weighted by Gasteiger charge is -2.30. The van der Waals surface area contributed by atoms with E-state index >= 15 is 0 Å². The van der Waals surface area contributed by atoms with E-state index in [0.29, 0.717) is 23.0 Å². The maximum absolute atomic E-state index is 13.3. The number of hydrogen-bond donors (Lipinski definition) is 0. The van der Waals surface area contributed by atoms with E-state index in [2.05, 4.69) is 6.58 Å². The molecule has 1 aromatic rings. The smallest absolute Gasteiger partial charge is 0.194 e. The summed E-state index contributed by atoms with van der Waals surface area (Å²) < 4.78 is 39.5. The Morgan fingerprint density at radius 1 is 1.16 bits per heavy atom. The van der Waals surface area contributed by atoms with Gasteiger partial charge in [0.1, 0.15) is 0 Å². The van der Waals surface area contributed by atoms with E-state index in [4.69, 9.17) is 11.6 Å². The first-order chi connectivity index (χ1) is 8.95. The summed E-state index contributed by atoms with van der Waals surface area (Å²) in [5, 5.41) is 0.452. The molecule has 0 aliphatic carbocycles. The van der Waals surface area contributed by atoms with E-state index in [1.54, 1.807) is 17.1 Å². The highest BCUT2D eigenvalue weighted by atomic mass is 35.5. The number of benzene rings is 1. The van der Waals surface area contributed by atoms with E-state index in [1.165, 1.54) is 0 Å². The van der Waals surface area contributed by atoms with Gasteiger partial charge in [-0.05, 0) is 31.2 Å². The van der Waals surface area contributed by atoms with Crippen LogP contribution >= 0.6 is 11.6 Å². The molecule has 100 valence electrons. The summed E-state index contributed by atoms with van der Waals surface area (Å²) in [7, 11) is 0. The van der Waals surface area contributed by atoms with Gasteiger partial charge in [-0.2, -0.15) is 0 Å². The summed E-state index contributed by atoms with van der Waals surface area (Å²) in [5.41, 5.74) is 1.29. The molecule has 0 atom stereocenters. The van der Waals surface area contributed by atoms with Gasteiger partial charge in [0.05, 0.1) is 10.7 Å². The van der Waals surface area contributed by atoms with Crippen molar-refractivity contribution in [2.75, 3.05) is 6.54 Å². The molecular formula is C14H11ClF3N. The zero-order valence-electron chi connectivity index (χ0n) is 10.2. The standard InChI is InChI=1S/C14H11ClF3N/c1-3-19-8(2)10(15)4-5-13(19)9-6-11(16)14(18)12(17)7-9/h4-7H,2-3H2,1H3. The van der Waals surface area contributed by atoms with Gasteiger partial charge >= 0.3 is 0 Å². The Hall–Kier alpha value is -1.68. The van der Waals surface area contributed by atoms with Gasteiger partial charge in [0.25, 0.3) is 0 Å². The highest BCUT2D eigenvalue weighted by Crippen LogP contribution is 2.32. The van der Waals surface area contributed by atoms with Crippen molar-refractivity contribution in [3.05, 3.63) is 64.6 Å². The van der Waals surface area contributed by atoms with Crippen LogP contribution in [0.2, 0.25) is 0 Å². The molecule has 1 heterocycles. The number of allylic oxidation sites excluding steroid dienone is 3. The lowest BCUT2D eigenvalue weighted by Crippen LogP contribution is -2.23. The van der Waals surface area contributed by atoms with E-state index < -0.39 is 17.5 Å². The Morgan fingerprint density at radius 3 is 2.26 bits per heavy atom. The monoisotopic (exact) mass is 285 g/mol. The van der Waals surface area contributed by atoms with Crippen LogP contribution in [0.4, 0.5) is 13.2 Å². The lowest BCUT2D eigenvalue weighted by molar-refractivity contribution is 0.445. The molecule has 1 aliphatic rings. The summed E-state index contributed by atoms with van der Waals surface area (Å²) in [6.45, 7) is 6.18. The molecule has 0 amide bonds. The second-order valence-corrected chi connectivity index (χ2v) is 4.42. The van der Waals surface area contributed by atoms with Gasteiger partial charge in [0.15, 0.2) is 17.5 Å². The Morgan fingerprint density at radius 2 is 1.74 bits per heavy atom. The van der Waals surface area contributed by atoms with Crippen LogP contribution in [-0.4, -0.2) is 11.4 Å². The van der Waals surface area contributed by atoms with Crippen LogP contribution in [0, 0.1) is 17.5 Å². The van der Waals surface area contributed by atoms with Crippen molar-refractivity contribution >= 4 is 17.3 Å². The fraction of sp³-hybridized carbons (Fsp3) is 0.143. The van der Waals surface area contributed by atoms with Crippen LogP contribution in [0.15, 0.2) is 41.6 Å². The van der Waals surface area contributed by atoms with Crippen molar-refractivity contribution in [3.8, 4) is 0 Å². The van der Waals surface area contributed by atoms with Crippen LogP contribution in [-0.2, 0) is 0 Å². The molecule has 1 aliphatic heterocycles. The minimum Gasteiger partial charge on any atom is -0.341 e. The van der Waals surface area contributed by atoms with Crippen molar-refractivity contribution in [3.63, 3.8) is 0 Å². The van der Waals surface area contributed by atoms with Gasteiger partial charge in [-0.25, -0.2) is 13.2 Å². The summed E-state index contributed by atoms with van der Waals surface area (Å²) in [4.78, 5) is 1.70. The number of hydrogen-bond acceptors (Lipinski definition) is 1. The van der Waals surface area contributed by atoms with Gasteiger partial charge in [-0.3, -0.25) is 0 Å².